The van der Waals surface area contributed by atoms with E-state index in [0.29, 0.717) is 23.1 Å². The molecule has 80 heavy (non-hydrogen) atoms. The molecule has 6 rings (SSSR count). The quantitative estimate of drug-likeness (QED) is 0.0233. The van der Waals surface area contributed by atoms with Crippen molar-refractivity contribution in [1.29, 1.82) is 10.8 Å². The molecule has 3 heterocycles. The lowest BCUT2D eigenvalue weighted by atomic mass is 9.93. The number of hydrogen-bond acceptors (Lipinski definition) is 13. The van der Waals surface area contributed by atoms with E-state index in [4.69, 9.17) is 31.8 Å². The standard InChI is InChI=1S/C55H67F2N13O10/c56-28-44(71)40(16-8-24-63-52(58)59)65-48(73)42-18-10-26-69(42)50(75)46(67-54(77)79-32-34-11-3-1-4-12-34)37-21-19-36(20-22-37)39-27-43(49(74)66-41(45(72)29-57)17-9-25-64-53(60)61)70(31-39)51(76)47(38-15-7-23-62-30-38)68-55(78)80-33-35-13-5-2-6-14-35/h1-7,11-15,19-23,30,39-43,46-47H,8-10,16-18,24-29,31-33H2,(H,65,73)(H,66,74)(H,67,77)(H,68,78)(H4,58,59,63)(H4,60,61,64)/t39?,40-,41-,42-,43-,46-,47+/m0/s1. The number of nitrogens with one attached hydrogen (secondary N) is 8. The second-order valence-corrected chi connectivity index (χ2v) is 19.1. The Morgan fingerprint density at radius 1 is 0.625 bits per heavy atom. The fourth-order valence-electron chi connectivity index (χ4n) is 9.46. The van der Waals surface area contributed by atoms with Crippen LogP contribution >= 0.6 is 0 Å². The molecule has 23 nitrogen and oxygen atoms in total. The molecule has 7 atom stereocenters. The van der Waals surface area contributed by atoms with E-state index in [-0.39, 0.29) is 101 Å². The number of pyridine rings is 1. The number of nitrogens with two attached hydrogens (primary N) is 2. The average Bonchev–Trinajstić information content (AvgIpc) is 4.19. The third-order valence-electron chi connectivity index (χ3n) is 13.6. The average molecular weight is 1110 g/mol. The summed E-state index contributed by atoms with van der Waals surface area (Å²) in [5, 5.41) is 30.5. The van der Waals surface area contributed by atoms with Crippen LogP contribution in [0.15, 0.2) is 109 Å². The molecule has 0 spiro atoms. The van der Waals surface area contributed by atoms with Crippen LogP contribution in [0.1, 0.15) is 90.8 Å². The lowest BCUT2D eigenvalue weighted by Crippen LogP contribution is -2.53. The van der Waals surface area contributed by atoms with E-state index in [1.54, 1.807) is 97.1 Å². The van der Waals surface area contributed by atoms with Gasteiger partial charge in [0.2, 0.25) is 11.8 Å². The smallest absolute Gasteiger partial charge is 0.408 e. The van der Waals surface area contributed by atoms with E-state index in [9.17, 15) is 47.1 Å². The number of ketones is 2. The van der Waals surface area contributed by atoms with Gasteiger partial charge in [0.1, 0.15) is 50.7 Å². The van der Waals surface area contributed by atoms with Crippen molar-refractivity contribution in [2.24, 2.45) is 11.5 Å². The first-order valence-corrected chi connectivity index (χ1v) is 26.1. The van der Waals surface area contributed by atoms with Gasteiger partial charge in [0.05, 0.1) is 12.1 Å². The van der Waals surface area contributed by atoms with Crippen molar-refractivity contribution in [1.82, 2.24) is 46.7 Å². The predicted molar refractivity (Wildman–Crippen MR) is 287 cm³/mol. The molecule has 12 N–H and O–H groups in total. The molecular weight excluding hydrogens is 1040 g/mol. The van der Waals surface area contributed by atoms with Gasteiger partial charge in [-0.15, -0.1) is 0 Å². The fourth-order valence-corrected chi connectivity index (χ4v) is 9.46. The van der Waals surface area contributed by atoms with Crippen LogP contribution in [0.3, 0.4) is 0 Å². The van der Waals surface area contributed by atoms with Gasteiger partial charge in [-0.1, -0.05) is 91.0 Å². The number of aromatic nitrogens is 1. The van der Waals surface area contributed by atoms with Gasteiger partial charge >= 0.3 is 12.2 Å². The van der Waals surface area contributed by atoms with Crippen molar-refractivity contribution >= 4 is 59.3 Å². The number of nitrogens with zero attached hydrogens (tertiary/aromatic N) is 3. The number of likely N-dealkylation sites (tertiary alicyclic amines) is 2. The summed E-state index contributed by atoms with van der Waals surface area (Å²) in [5.74, 6) is -6.00. The molecule has 3 aromatic carbocycles. The summed E-state index contributed by atoms with van der Waals surface area (Å²) in [6.45, 7) is -2.75. The number of carbonyl (C=O) groups is 8. The molecule has 0 radical (unpaired) electrons. The Labute approximate surface area is 460 Å². The Morgan fingerprint density at radius 3 is 1.61 bits per heavy atom. The highest BCUT2D eigenvalue weighted by Gasteiger charge is 2.45. The van der Waals surface area contributed by atoms with Gasteiger partial charge < -0.3 is 62.6 Å². The second kappa shape index (κ2) is 30.2. The number of benzene rings is 3. The van der Waals surface area contributed by atoms with E-state index in [2.05, 4.69) is 36.9 Å². The van der Waals surface area contributed by atoms with E-state index in [1.807, 2.05) is 0 Å². The molecular formula is C55H67F2N13O10. The van der Waals surface area contributed by atoms with Crippen molar-refractivity contribution in [2.45, 2.75) is 100 Å². The normalized spacial score (nSPS) is 17.1. The SMILES string of the molecule is N=C(N)NCCC[C@H](NC(=O)[C@@H]1CCCN1C(=O)[C@@H](NC(=O)OCc1ccccc1)c1ccc(C2C[C@@H](C(=O)N[C@@H](CCCNC(=N)N)C(=O)CF)N(C(=O)[C@H](NC(=O)OCc3ccccc3)c3cccnc3)C2)cc1)C(=O)CF. The van der Waals surface area contributed by atoms with Gasteiger partial charge in [-0.2, -0.15) is 0 Å². The molecule has 1 unspecified atom stereocenters. The fraction of sp³-hybridized carbons (Fsp3) is 0.400. The Balaban J connectivity index is 1.28. The molecule has 2 saturated heterocycles. The van der Waals surface area contributed by atoms with Crippen LogP contribution in [0.4, 0.5) is 18.4 Å². The number of rotatable bonds is 27. The zero-order chi connectivity index (χ0) is 57.6. The van der Waals surface area contributed by atoms with Crippen LogP contribution in [-0.2, 0) is 51.5 Å². The number of alkyl halides is 2. The number of ether oxygens (including phenoxy) is 2. The first kappa shape index (κ1) is 60.2. The minimum absolute atomic E-state index is 0.0177. The van der Waals surface area contributed by atoms with E-state index < -0.39 is 103 Å². The van der Waals surface area contributed by atoms with Gasteiger partial charge in [-0.05, 0) is 73.3 Å². The Hall–Kier alpha value is -9.03. The van der Waals surface area contributed by atoms with E-state index in [1.165, 1.54) is 22.2 Å². The summed E-state index contributed by atoms with van der Waals surface area (Å²) in [4.78, 5) is 117. The van der Waals surface area contributed by atoms with Gasteiger partial charge in [0, 0.05) is 50.1 Å². The van der Waals surface area contributed by atoms with Crippen molar-refractivity contribution < 1.29 is 56.6 Å². The molecule has 426 valence electrons. The van der Waals surface area contributed by atoms with Crippen LogP contribution in [0.2, 0.25) is 0 Å². The zero-order valence-corrected chi connectivity index (χ0v) is 43.9. The van der Waals surface area contributed by atoms with Crippen LogP contribution in [0, 0.1) is 10.8 Å². The molecule has 1 aromatic heterocycles. The summed E-state index contributed by atoms with van der Waals surface area (Å²) in [7, 11) is 0. The third kappa shape index (κ3) is 17.5. The zero-order valence-electron chi connectivity index (χ0n) is 43.9. The minimum atomic E-state index is -1.45. The molecule has 0 bridgehead atoms. The summed E-state index contributed by atoms with van der Waals surface area (Å²) in [5.41, 5.74) is 13.1. The number of carbonyl (C=O) groups excluding carboxylic acids is 8. The molecule has 0 saturated carbocycles. The maximum Gasteiger partial charge on any atom is 0.408 e. The number of hydrogen-bond donors (Lipinski definition) is 10. The molecule has 2 aliphatic rings. The van der Waals surface area contributed by atoms with Crippen LogP contribution in [-0.4, -0.2) is 138 Å². The van der Waals surface area contributed by atoms with Gasteiger partial charge in [-0.3, -0.25) is 44.6 Å². The summed E-state index contributed by atoms with van der Waals surface area (Å²) >= 11 is 0. The van der Waals surface area contributed by atoms with E-state index in [0.717, 1.165) is 0 Å². The lowest BCUT2D eigenvalue weighted by molar-refractivity contribution is -0.141. The van der Waals surface area contributed by atoms with Crippen molar-refractivity contribution in [3.05, 3.63) is 137 Å². The van der Waals surface area contributed by atoms with Crippen molar-refractivity contribution in [3.63, 3.8) is 0 Å². The maximum atomic E-state index is 15.0. The lowest BCUT2D eigenvalue weighted by Gasteiger charge is -2.30. The summed E-state index contributed by atoms with van der Waals surface area (Å²) in [6, 6.07) is 19.2. The summed E-state index contributed by atoms with van der Waals surface area (Å²) in [6.07, 6.45) is 1.85. The summed E-state index contributed by atoms with van der Waals surface area (Å²) < 4.78 is 38.7. The highest BCUT2D eigenvalue weighted by Crippen LogP contribution is 2.35. The van der Waals surface area contributed by atoms with Gasteiger partial charge in [0.15, 0.2) is 23.5 Å². The largest absolute Gasteiger partial charge is 0.445 e. The number of halogens is 2. The monoisotopic (exact) mass is 1110 g/mol. The molecule has 2 fully saturated rings. The maximum absolute atomic E-state index is 15.0. The van der Waals surface area contributed by atoms with Gasteiger partial charge in [-0.25, -0.2) is 18.4 Å². The second-order valence-electron chi connectivity index (χ2n) is 19.1. The third-order valence-corrected chi connectivity index (χ3v) is 13.6. The first-order valence-electron chi connectivity index (χ1n) is 26.1. The molecule has 6 amide bonds. The number of amides is 6. The highest BCUT2D eigenvalue weighted by atomic mass is 19.1. The van der Waals surface area contributed by atoms with E-state index >= 15 is 0 Å². The highest BCUT2D eigenvalue weighted by molar-refractivity contribution is 5.97. The molecule has 2 aliphatic heterocycles. The Bertz CT molecular complexity index is 2790. The van der Waals surface area contributed by atoms with Gasteiger partial charge in [0.25, 0.3) is 11.8 Å². The van der Waals surface area contributed by atoms with Crippen LogP contribution in [0.5, 0.6) is 0 Å². The van der Waals surface area contributed by atoms with Crippen molar-refractivity contribution in [2.75, 3.05) is 39.5 Å². The van der Waals surface area contributed by atoms with Crippen LogP contribution < -0.4 is 43.4 Å². The number of alkyl carbamates (subject to hydrolysis) is 2. The number of Topliss-reactive ketones (excluding diaryl/α,β-unsaturated/α-hetero) is 2. The molecule has 4 aromatic rings. The topological polar surface area (TPSA) is 346 Å². The molecule has 0 aliphatic carbocycles. The van der Waals surface area contributed by atoms with Crippen molar-refractivity contribution in [3.8, 4) is 0 Å². The number of guanidine groups is 2. The minimum Gasteiger partial charge on any atom is -0.445 e. The van der Waals surface area contributed by atoms with Crippen LogP contribution in [0.25, 0.3) is 0 Å². The Kier molecular flexibility index (Phi) is 22.7. The Morgan fingerprint density at radius 2 is 1.12 bits per heavy atom. The molecule has 25 heteroatoms. The predicted octanol–water partition coefficient (Wildman–Crippen LogP) is 2.97. The first-order chi connectivity index (χ1) is 38.6.